The summed E-state index contributed by atoms with van der Waals surface area (Å²) in [6, 6.07) is 7.43. The maximum Gasteiger partial charge on any atom is 0.220 e. The Balaban J connectivity index is 2.06. The maximum absolute atomic E-state index is 11.6. The number of amides is 1. The van der Waals surface area contributed by atoms with Crippen LogP contribution in [0, 0.1) is 0 Å². The van der Waals surface area contributed by atoms with Crippen molar-refractivity contribution in [3.05, 3.63) is 24.3 Å². The molecule has 0 saturated carbocycles. The Morgan fingerprint density at radius 1 is 1.14 bits per heavy atom. The molecule has 0 aromatic heterocycles. The third-order valence-electron chi connectivity index (χ3n) is 2.98. The molecule has 0 aliphatic rings. The van der Waals surface area contributed by atoms with Gasteiger partial charge in [-0.15, -0.1) is 0 Å². The first-order valence-corrected chi connectivity index (χ1v) is 7.30. The quantitative estimate of drug-likeness (QED) is 0.670. The van der Waals surface area contributed by atoms with Crippen molar-refractivity contribution in [2.24, 2.45) is 0 Å². The zero-order valence-corrected chi connectivity index (χ0v) is 13.2. The van der Waals surface area contributed by atoms with Gasteiger partial charge in [-0.3, -0.25) is 4.79 Å². The number of rotatable bonds is 10. The third-order valence-corrected chi connectivity index (χ3v) is 2.98. The molecule has 0 aliphatic carbocycles. The molecule has 0 fully saturated rings. The Hall–Kier alpha value is -1.75. The molecule has 1 amide bonds. The molecule has 0 heterocycles. The van der Waals surface area contributed by atoms with Gasteiger partial charge in [0.25, 0.3) is 0 Å². The first kappa shape index (κ1) is 17.3. The van der Waals surface area contributed by atoms with E-state index in [0.29, 0.717) is 19.4 Å². The number of methoxy groups -OCH3 is 1. The predicted molar refractivity (Wildman–Crippen MR) is 83.9 cm³/mol. The lowest BCUT2D eigenvalue weighted by atomic mass is 10.3. The second-order valence-corrected chi connectivity index (χ2v) is 5.13. The van der Waals surface area contributed by atoms with Crippen LogP contribution in [0.25, 0.3) is 0 Å². The van der Waals surface area contributed by atoms with Crippen LogP contribution >= 0.6 is 0 Å². The van der Waals surface area contributed by atoms with Crippen LogP contribution in [0.2, 0.25) is 0 Å². The minimum absolute atomic E-state index is 0.0899. The van der Waals surface area contributed by atoms with Crippen LogP contribution in [0.5, 0.6) is 11.5 Å². The number of nitrogens with one attached hydrogen (secondary N) is 1. The van der Waals surface area contributed by atoms with Gasteiger partial charge in [-0.05, 0) is 57.7 Å². The number of hydrogen-bond donors (Lipinski definition) is 1. The van der Waals surface area contributed by atoms with E-state index < -0.39 is 0 Å². The monoisotopic (exact) mass is 294 g/mol. The van der Waals surface area contributed by atoms with Gasteiger partial charge in [-0.25, -0.2) is 0 Å². The highest BCUT2D eigenvalue weighted by molar-refractivity contribution is 5.75. The van der Waals surface area contributed by atoms with E-state index >= 15 is 0 Å². The highest BCUT2D eigenvalue weighted by Crippen LogP contribution is 2.17. The second kappa shape index (κ2) is 10.0. The van der Waals surface area contributed by atoms with Crippen molar-refractivity contribution in [1.29, 1.82) is 0 Å². The topological polar surface area (TPSA) is 50.8 Å². The molecule has 5 heteroatoms. The maximum atomic E-state index is 11.6. The molecule has 0 aliphatic heterocycles. The van der Waals surface area contributed by atoms with Crippen molar-refractivity contribution in [2.75, 3.05) is 40.9 Å². The van der Waals surface area contributed by atoms with E-state index in [1.54, 1.807) is 7.11 Å². The molecule has 0 radical (unpaired) electrons. The van der Waals surface area contributed by atoms with Gasteiger partial charge >= 0.3 is 0 Å². The highest BCUT2D eigenvalue weighted by Gasteiger charge is 2.01. The van der Waals surface area contributed by atoms with E-state index in [4.69, 9.17) is 9.47 Å². The van der Waals surface area contributed by atoms with Crippen LogP contribution in [-0.4, -0.2) is 51.7 Å². The molecule has 21 heavy (non-hydrogen) atoms. The van der Waals surface area contributed by atoms with E-state index in [0.717, 1.165) is 31.0 Å². The number of hydrogen-bond acceptors (Lipinski definition) is 4. The van der Waals surface area contributed by atoms with Crippen molar-refractivity contribution < 1.29 is 14.3 Å². The summed E-state index contributed by atoms with van der Waals surface area (Å²) >= 11 is 0. The van der Waals surface area contributed by atoms with Gasteiger partial charge in [0.1, 0.15) is 11.5 Å². The molecule has 0 bridgehead atoms. The number of carbonyl (C=O) groups excluding carboxylic acids is 1. The molecule has 0 atom stereocenters. The number of benzene rings is 1. The summed E-state index contributed by atoms with van der Waals surface area (Å²) in [7, 11) is 5.68. The summed E-state index contributed by atoms with van der Waals surface area (Å²) in [5.41, 5.74) is 0. The van der Waals surface area contributed by atoms with Crippen LogP contribution in [-0.2, 0) is 4.79 Å². The minimum atomic E-state index is 0.0899. The average molecular weight is 294 g/mol. The lowest BCUT2D eigenvalue weighted by molar-refractivity contribution is -0.121. The van der Waals surface area contributed by atoms with Gasteiger partial charge in [0.2, 0.25) is 5.91 Å². The van der Waals surface area contributed by atoms with Crippen LogP contribution in [0.4, 0.5) is 0 Å². The van der Waals surface area contributed by atoms with Crippen molar-refractivity contribution in [3.63, 3.8) is 0 Å². The zero-order valence-electron chi connectivity index (χ0n) is 13.2. The molecular formula is C16H26N2O3. The van der Waals surface area contributed by atoms with E-state index in [-0.39, 0.29) is 5.91 Å². The van der Waals surface area contributed by atoms with Gasteiger partial charge in [-0.2, -0.15) is 0 Å². The Morgan fingerprint density at radius 3 is 2.43 bits per heavy atom. The number of ether oxygens (including phenoxy) is 2. The standard InChI is InChI=1S/C16H26N2O3/c1-18(2)12-5-11-17-16(19)6-4-13-21-15-9-7-14(20-3)8-10-15/h7-10H,4-6,11-13H2,1-3H3,(H,17,19). The fourth-order valence-electron chi connectivity index (χ4n) is 1.81. The van der Waals surface area contributed by atoms with Crippen molar-refractivity contribution >= 4 is 5.91 Å². The molecular weight excluding hydrogens is 268 g/mol. The zero-order chi connectivity index (χ0) is 15.5. The van der Waals surface area contributed by atoms with Crippen LogP contribution < -0.4 is 14.8 Å². The molecule has 0 spiro atoms. The van der Waals surface area contributed by atoms with Gasteiger partial charge in [0.05, 0.1) is 13.7 Å². The van der Waals surface area contributed by atoms with E-state index in [1.165, 1.54) is 0 Å². The Labute approximate surface area is 127 Å². The Morgan fingerprint density at radius 2 is 1.81 bits per heavy atom. The predicted octanol–water partition coefficient (Wildman–Crippen LogP) is 1.92. The second-order valence-electron chi connectivity index (χ2n) is 5.13. The molecule has 1 rings (SSSR count). The third kappa shape index (κ3) is 8.19. The summed E-state index contributed by atoms with van der Waals surface area (Å²) in [4.78, 5) is 13.7. The minimum Gasteiger partial charge on any atom is -0.497 e. The number of carbonyl (C=O) groups is 1. The molecule has 1 N–H and O–H groups in total. The summed E-state index contributed by atoms with van der Waals surface area (Å²) < 4.78 is 10.6. The Bertz CT molecular complexity index is 404. The van der Waals surface area contributed by atoms with Crippen molar-refractivity contribution in [3.8, 4) is 11.5 Å². The molecule has 0 saturated heterocycles. The van der Waals surface area contributed by atoms with Crippen molar-refractivity contribution in [2.45, 2.75) is 19.3 Å². The lowest BCUT2D eigenvalue weighted by Gasteiger charge is -2.10. The van der Waals surface area contributed by atoms with Gasteiger partial charge in [-0.1, -0.05) is 0 Å². The van der Waals surface area contributed by atoms with Crippen LogP contribution in [0.15, 0.2) is 24.3 Å². The van der Waals surface area contributed by atoms with E-state index in [9.17, 15) is 4.79 Å². The fraction of sp³-hybridized carbons (Fsp3) is 0.562. The van der Waals surface area contributed by atoms with Crippen LogP contribution in [0.3, 0.4) is 0 Å². The lowest BCUT2D eigenvalue weighted by Crippen LogP contribution is -2.27. The van der Waals surface area contributed by atoms with Crippen LogP contribution in [0.1, 0.15) is 19.3 Å². The number of nitrogens with zero attached hydrogens (tertiary/aromatic N) is 1. The average Bonchev–Trinajstić information content (AvgIpc) is 2.48. The SMILES string of the molecule is COc1ccc(OCCCC(=O)NCCCN(C)C)cc1. The summed E-state index contributed by atoms with van der Waals surface area (Å²) in [5.74, 6) is 1.69. The smallest absolute Gasteiger partial charge is 0.220 e. The highest BCUT2D eigenvalue weighted by atomic mass is 16.5. The molecule has 1 aromatic rings. The normalized spacial score (nSPS) is 10.5. The first-order chi connectivity index (χ1) is 10.1. The van der Waals surface area contributed by atoms with E-state index in [1.807, 2.05) is 38.4 Å². The van der Waals surface area contributed by atoms with Gasteiger partial charge in [0, 0.05) is 13.0 Å². The molecule has 0 unspecified atom stereocenters. The van der Waals surface area contributed by atoms with Gasteiger partial charge in [0.15, 0.2) is 0 Å². The van der Waals surface area contributed by atoms with E-state index in [2.05, 4.69) is 10.2 Å². The summed E-state index contributed by atoms with van der Waals surface area (Å²) in [5, 5.41) is 2.91. The molecule has 1 aromatic carbocycles. The van der Waals surface area contributed by atoms with Crippen molar-refractivity contribution in [1.82, 2.24) is 10.2 Å². The first-order valence-electron chi connectivity index (χ1n) is 7.30. The summed E-state index contributed by atoms with van der Waals surface area (Å²) in [6.07, 6.45) is 2.19. The fourth-order valence-corrected chi connectivity index (χ4v) is 1.81. The molecule has 5 nitrogen and oxygen atoms in total. The largest absolute Gasteiger partial charge is 0.497 e. The molecule has 118 valence electrons. The summed E-state index contributed by atoms with van der Waals surface area (Å²) in [6.45, 7) is 2.26. The van der Waals surface area contributed by atoms with Gasteiger partial charge < -0.3 is 19.7 Å². The Kier molecular flexibility index (Phi) is 8.28.